The fourth-order valence-electron chi connectivity index (χ4n) is 1.64. The molecule has 1 N–H and O–H groups in total. The molecule has 4 heteroatoms. The zero-order valence-corrected chi connectivity index (χ0v) is 12.2. The molecule has 0 heterocycles. The minimum Gasteiger partial charge on any atom is -0.507 e. The Morgan fingerprint density at radius 1 is 1.06 bits per heavy atom. The average molecular weight is 358 g/mol. The van der Waals surface area contributed by atoms with Crippen LogP contribution < -0.4 is 4.74 Å². The van der Waals surface area contributed by atoms with Gasteiger partial charge in [0.05, 0.1) is 7.11 Å². The van der Waals surface area contributed by atoms with Gasteiger partial charge in [-0.1, -0.05) is 18.2 Å². The van der Waals surface area contributed by atoms with Gasteiger partial charge in [-0.2, -0.15) is 0 Å². The number of ether oxygens (including phenoxy) is 1. The summed E-state index contributed by atoms with van der Waals surface area (Å²) in [6.07, 6.45) is 0. The van der Waals surface area contributed by atoms with Gasteiger partial charge in [0, 0.05) is 20.1 Å². The van der Waals surface area contributed by atoms with Crippen LogP contribution in [0.1, 0.15) is 0 Å². The monoisotopic (exact) mass is 356 g/mol. The highest BCUT2D eigenvalue weighted by Gasteiger charge is 2.15. The molecule has 2 aromatic rings. The molecule has 2 rings (SSSR count). The van der Waals surface area contributed by atoms with E-state index < -0.39 is 0 Å². The van der Waals surface area contributed by atoms with E-state index in [0.29, 0.717) is 5.75 Å². The Morgan fingerprint density at radius 3 is 2.41 bits per heavy atom. The number of phenolic OH excluding ortho intramolecular Hbond substituents is 1. The maximum absolute atomic E-state index is 9.91. The normalized spacial score (nSPS) is 10.3. The van der Waals surface area contributed by atoms with Crippen LogP contribution in [0.25, 0.3) is 11.1 Å². The zero-order chi connectivity index (χ0) is 12.4. The minimum absolute atomic E-state index is 0.226. The molecule has 0 spiro atoms. The van der Waals surface area contributed by atoms with Crippen LogP contribution in [0.15, 0.2) is 45.3 Å². The summed E-state index contributed by atoms with van der Waals surface area (Å²) in [5.41, 5.74) is 1.57. The molecule has 0 aromatic heterocycles. The van der Waals surface area contributed by atoms with Gasteiger partial charge in [0.2, 0.25) is 0 Å². The Labute approximate surface area is 116 Å². The second kappa shape index (κ2) is 5.10. The van der Waals surface area contributed by atoms with Crippen LogP contribution in [-0.2, 0) is 0 Å². The number of aromatic hydroxyl groups is 1. The molecule has 0 aliphatic carbocycles. The maximum atomic E-state index is 9.91. The molecule has 0 saturated heterocycles. The van der Waals surface area contributed by atoms with Crippen molar-refractivity contribution >= 4 is 31.9 Å². The van der Waals surface area contributed by atoms with Crippen LogP contribution in [0.5, 0.6) is 11.5 Å². The van der Waals surface area contributed by atoms with Gasteiger partial charge in [-0.05, 0) is 50.1 Å². The van der Waals surface area contributed by atoms with E-state index in [9.17, 15) is 5.11 Å². The SMILES string of the molecule is COc1ccc(Br)c(Br)c1-c1ccccc1O. The first kappa shape index (κ1) is 12.5. The summed E-state index contributed by atoms with van der Waals surface area (Å²) in [6, 6.07) is 10.9. The molecule has 0 radical (unpaired) electrons. The second-order valence-corrected chi connectivity index (χ2v) is 5.10. The standard InChI is InChI=1S/C13H10Br2O2/c1-17-11-7-6-9(14)13(15)12(11)8-4-2-3-5-10(8)16/h2-7,16H,1H3. The van der Waals surface area contributed by atoms with Crippen molar-refractivity contribution in [3.63, 3.8) is 0 Å². The maximum Gasteiger partial charge on any atom is 0.128 e. The topological polar surface area (TPSA) is 29.5 Å². The van der Waals surface area contributed by atoms with Crippen molar-refractivity contribution in [1.29, 1.82) is 0 Å². The predicted molar refractivity (Wildman–Crippen MR) is 75.5 cm³/mol. The summed E-state index contributed by atoms with van der Waals surface area (Å²) in [5.74, 6) is 0.936. The minimum atomic E-state index is 0.226. The molecular weight excluding hydrogens is 348 g/mol. The quantitative estimate of drug-likeness (QED) is 0.851. The van der Waals surface area contributed by atoms with Gasteiger partial charge in [-0.15, -0.1) is 0 Å². The summed E-state index contributed by atoms with van der Waals surface area (Å²) < 4.78 is 7.10. The summed E-state index contributed by atoms with van der Waals surface area (Å²) in [4.78, 5) is 0. The summed E-state index contributed by atoms with van der Waals surface area (Å²) in [5, 5.41) is 9.91. The molecule has 2 aromatic carbocycles. The van der Waals surface area contributed by atoms with E-state index >= 15 is 0 Å². The molecule has 0 aliphatic heterocycles. The van der Waals surface area contributed by atoms with E-state index in [4.69, 9.17) is 4.74 Å². The van der Waals surface area contributed by atoms with Crippen LogP contribution in [0.2, 0.25) is 0 Å². The van der Waals surface area contributed by atoms with Crippen molar-refractivity contribution < 1.29 is 9.84 Å². The number of hydrogen-bond acceptors (Lipinski definition) is 2. The molecule has 88 valence electrons. The van der Waals surface area contributed by atoms with Crippen molar-refractivity contribution in [2.75, 3.05) is 7.11 Å². The number of rotatable bonds is 2. The van der Waals surface area contributed by atoms with Gasteiger partial charge in [-0.3, -0.25) is 0 Å². The number of hydrogen-bond donors (Lipinski definition) is 1. The lowest BCUT2D eigenvalue weighted by Crippen LogP contribution is -1.90. The molecule has 2 nitrogen and oxygen atoms in total. The fourth-order valence-corrected chi connectivity index (χ4v) is 2.51. The summed E-state index contributed by atoms with van der Waals surface area (Å²) >= 11 is 6.95. The number of halogens is 2. The Kier molecular flexibility index (Phi) is 3.74. The lowest BCUT2D eigenvalue weighted by molar-refractivity contribution is 0.415. The van der Waals surface area contributed by atoms with Gasteiger partial charge < -0.3 is 9.84 Å². The van der Waals surface area contributed by atoms with E-state index in [1.54, 1.807) is 19.2 Å². The third-order valence-corrected chi connectivity index (χ3v) is 4.47. The van der Waals surface area contributed by atoms with Crippen molar-refractivity contribution in [1.82, 2.24) is 0 Å². The first-order chi connectivity index (χ1) is 8.15. The number of methoxy groups -OCH3 is 1. The molecule has 0 saturated carbocycles. The van der Waals surface area contributed by atoms with Crippen molar-refractivity contribution in [2.24, 2.45) is 0 Å². The van der Waals surface area contributed by atoms with Gasteiger partial charge >= 0.3 is 0 Å². The van der Waals surface area contributed by atoms with Crippen molar-refractivity contribution in [3.8, 4) is 22.6 Å². The van der Waals surface area contributed by atoms with Crippen LogP contribution in [0.4, 0.5) is 0 Å². The smallest absolute Gasteiger partial charge is 0.128 e. The third kappa shape index (κ3) is 2.33. The molecule has 0 amide bonds. The highest BCUT2D eigenvalue weighted by Crippen LogP contribution is 2.43. The lowest BCUT2D eigenvalue weighted by Gasteiger charge is -2.13. The van der Waals surface area contributed by atoms with E-state index in [2.05, 4.69) is 31.9 Å². The highest BCUT2D eigenvalue weighted by molar-refractivity contribution is 9.13. The van der Waals surface area contributed by atoms with E-state index in [0.717, 1.165) is 20.1 Å². The zero-order valence-electron chi connectivity index (χ0n) is 9.08. The lowest BCUT2D eigenvalue weighted by atomic mass is 10.0. The summed E-state index contributed by atoms with van der Waals surface area (Å²) in [6.45, 7) is 0. The van der Waals surface area contributed by atoms with Crippen LogP contribution in [0, 0.1) is 0 Å². The average Bonchev–Trinajstić information content (AvgIpc) is 2.34. The Hall–Kier alpha value is -1.00. The van der Waals surface area contributed by atoms with Crippen LogP contribution >= 0.6 is 31.9 Å². The number of benzene rings is 2. The largest absolute Gasteiger partial charge is 0.507 e. The summed E-state index contributed by atoms with van der Waals surface area (Å²) in [7, 11) is 1.61. The second-order valence-electron chi connectivity index (χ2n) is 3.46. The first-order valence-corrected chi connectivity index (χ1v) is 6.54. The number of para-hydroxylation sites is 1. The van der Waals surface area contributed by atoms with Crippen molar-refractivity contribution in [3.05, 3.63) is 45.3 Å². The van der Waals surface area contributed by atoms with E-state index in [1.165, 1.54) is 0 Å². The van der Waals surface area contributed by atoms with Gasteiger partial charge in [0.25, 0.3) is 0 Å². The Balaban J connectivity index is 2.74. The van der Waals surface area contributed by atoms with Crippen LogP contribution in [0.3, 0.4) is 0 Å². The predicted octanol–water partition coefficient (Wildman–Crippen LogP) is 4.59. The molecule has 17 heavy (non-hydrogen) atoms. The molecule has 0 fully saturated rings. The first-order valence-electron chi connectivity index (χ1n) is 4.95. The molecule has 0 aliphatic rings. The Bertz CT molecular complexity index is 553. The molecular formula is C13H10Br2O2. The van der Waals surface area contributed by atoms with E-state index in [1.807, 2.05) is 24.3 Å². The third-order valence-electron chi connectivity index (χ3n) is 2.45. The fraction of sp³-hybridized carbons (Fsp3) is 0.0769. The van der Waals surface area contributed by atoms with Crippen molar-refractivity contribution in [2.45, 2.75) is 0 Å². The van der Waals surface area contributed by atoms with Gasteiger partial charge in [0.1, 0.15) is 11.5 Å². The van der Waals surface area contributed by atoms with Crippen LogP contribution in [-0.4, -0.2) is 12.2 Å². The van der Waals surface area contributed by atoms with E-state index in [-0.39, 0.29) is 5.75 Å². The van der Waals surface area contributed by atoms with Gasteiger partial charge in [-0.25, -0.2) is 0 Å². The van der Waals surface area contributed by atoms with Gasteiger partial charge in [0.15, 0.2) is 0 Å². The molecule has 0 unspecified atom stereocenters. The highest BCUT2D eigenvalue weighted by atomic mass is 79.9. The number of phenols is 1. The molecule has 0 bridgehead atoms. The Morgan fingerprint density at radius 2 is 1.76 bits per heavy atom. The molecule has 0 atom stereocenters.